The van der Waals surface area contributed by atoms with E-state index in [2.05, 4.69) is 38.6 Å². The largest absolute Gasteiger partial charge is 0.491 e. The number of nitrogens with zero attached hydrogens (tertiary/aromatic N) is 7. The molecule has 2 N–H and O–H groups in total. The first-order valence-electron chi connectivity index (χ1n) is 14.0. The third-order valence-electron chi connectivity index (χ3n) is 6.79. The highest BCUT2D eigenvalue weighted by atomic mass is 16.5. The van der Waals surface area contributed by atoms with E-state index in [4.69, 9.17) is 20.1 Å². The second-order valence-electron chi connectivity index (χ2n) is 10.0. The lowest BCUT2D eigenvalue weighted by atomic mass is 9.87. The van der Waals surface area contributed by atoms with E-state index in [1.165, 1.54) is 17.1 Å². The van der Waals surface area contributed by atoms with Crippen molar-refractivity contribution >= 4 is 18.1 Å². The minimum Gasteiger partial charge on any atom is -0.491 e. The zero-order valence-electron chi connectivity index (χ0n) is 24.0. The molecule has 0 aromatic carbocycles. The number of hydrogen-bond acceptors (Lipinski definition) is 9. The molecule has 1 atom stereocenters. The molecule has 1 unspecified atom stereocenters. The standard InChI is InChI=1S/C30H37N9O2/c1-5-7-12-27-25(30(40)39(29(34-27)20(3)4)19-32-18-22(16-31)41-6-2)15-21-13-14-26(33-17-21)23-10-8-9-11-24(23)28-35-37-38-36-28/h8-9,11,13-14,16-20,23,31H,5-7,10,12,15H2,1-4H3,(H,35,36,37,38)/b22-18+,31-16?,32-19?. The van der Waals surface area contributed by atoms with Crippen molar-refractivity contribution in [2.24, 2.45) is 4.99 Å². The molecule has 0 bridgehead atoms. The number of allylic oxidation sites excluding steroid dienone is 5. The van der Waals surface area contributed by atoms with Crippen LogP contribution in [-0.2, 0) is 17.6 Å². The molecule has 3 aromatic heterocycles. The van der Waals surface area contributed by atoms with E-state index in [1.807, 2.05) is 51.3 Å². The number of aromatic nitrogens is 7. The van der Waals surface area contributed by atoms with Crippen molar-refractivity contribution in [2.75, 3.05) is 6.61 Å². The maximum Gasteiger partial charge on any atom is 0.262 e. The number of aromatic amines is 1. The maximum atomic E-state index is 13.9. The van der Waals surface area contributed by atoms with Crippen LogP contribution in [0.2, 0.25) is 0 Å². The van der Waals surface area contributed by atoms with Gasteiger partial charge in [0.25, 0.3) is 5.56 Å². The lowest BCUT2D eigenvalue weighted by molar-refractivity contribution is 0.250. The Morgan fingerprint density at radius 1 is 1.32 bits per heavy atom. The Morgan fingerprint density at radius 2 is 2.17 bits per heavy atom. The Balaban J connectivity index is 1.68. The van der Waals surface area contributed by atoms with Gasteiger partial charge in [-0.15, -0.1) is 10.2 Å². The third kappa shape index (κ3) is 7.16. The fourth-order valence-corrected chi connectivity index (χ4v) is 4.71. The van der Waals surface area contributed by atoms with Crippen molar-refractivity contribution in [3.05, 3.63) is 93.0 Å². The molecule has 41 heavy (non-hydrogen) atoms. The Labute approximate surface area is 239 Å². The zero-order chi connectivity index (χ0) is 29.2. The van der Waals surface area contributed by atoms with Gasteiger partial charge in [-0.1, -0.05) is 51.5 Å². The molecule has 0 saturated carbocycles. The molecule has 0 aliphatic heterocycles. The summed E-state index contributed by atoms with van der Waals surface area (Å²) < 4.78 is 6.87. The molecule has 0 fully saturated rings. The highest BCUT2D eigenvalue weighted by Crippen LogP contribution is 2.35. The van der Waals surface area contributed by atoms with Crippen LogP contribution in [-0.4, -0.2) is 54.3 Å². The van der Waals surface area contributed by atoms with Gasteiger partial charge in [0.2, 0.25) is 5.82 Å². The van der Waals surface area contributed by atoms with Crippen LogP contribution in [0.3, 0.4) is 0 Å². The summed E-state index contributed by atoms with van der Waals surface area (Å²) in [5.41, 5.74) is 4.09. The smallest absolute Gasteiger partial charge is 0.262 e. The number of tetrazole rings is 1. The normalized spacial score (nSPS) is 15.5. The molecule has 1 aliphatic rings. The first kappa shape index (κ1) is 29.4. The number of H-pyrrole nitrogens is 1. The van der Waals surface area contributed by atoms with Gasteiger partial charge in [0.1, 0.15) is 12.2 Å². The zero-order valence-corrected chi connectivity index (χ0v) is 24.0. The molecule has 0 radical (unpaired) electrons. The highest BCUT2D eigenvalue weighted by Gasteiger charge is 2.23. The van der Waals surface area contributed by atoms with Gasteiger partial charge >= 0.3 is 0 Å². The van der Waals surface area contributed by atoms with Crippen LogP contribution in [0, 0.1) is 5.41 Å². The molecule has 214 valence electrons. The number of pyridine rings is 1. The number of aliphatic imine (C=N–C) groups is 1. The van der Waals surface area contributed by atoms with Crippen LogP contribution in [0.5, 0.6) is 0 Å². The Morgan fingerprint density at radius 3 is 2.83 bits per heavy atom. The van der Waals surface area contributed by atoms with Crippen molar-refractivity contribution in [1.82, 2.24) is 35.2 Å². The summed E-state index contributed by atoms with van der Waals surface area (Å²) in [6.45, 7) is 8.40. The van der Waals surface area contributed by atoms with Crippen LogP contribution in [0.1, 0.15) is 93.0 Å². The predicted molar refractivity (Wildman–Crippen MR) is 159 cm³/mol. The van der Waals surface area contributed by atoms with Crippen LogP contribution >= 0.6 is 0 Å². The Hall–Kier alpha value is -4.54. The SMILES string of the molecule is CCCCc1nc(C(C)C)n(C=N/C=C(\C=N)OCC)c(=O)c1Cc1ccc(C2CC=CC=C2c2nn[nH]n2)nc1. The van der Waals surface area contributed by atoms with Gasteiger partial charge in [0.05, 0.1) is 24.7 Å². The highest BCUT2D eigenvalue weighted by molar-refractivity contribution is 5.73. The van der Waals surface area contributed by atoms with E-state index in [0.29, 0.717) is 36.0 Å². The molecule has 3 heterocycles. The summed E-state index contributed by atoms with van der Waals surface area (Å²) >= 11 is 0. The molecule has 11 nitrogen and oxygen atoms in total. The number of aryl methyl sites for hydroxylation is 1. The summed E-state index contributed by atoms with van der Waals surface area (Å²) in [5.74, 6) is 1.55. The molecule has 1 aliphatic carbocycles. The number of hydrogen-bond donors (Lipinski definition) is 2. The molecule has 4 rings (SSSR count). The number of ether oxygens (including phenoxy) is 1. The van der Waals surface area contributed by atoms with Gasteiger partial charge < -0.3 is 10.1 Å². The maximum absolute atomic E-state index is 13.9. The second-order valence-corrected chi connectivity index (χ2v) is 10.0. The average molecular weight is 556 g/mol. The van der Waals surface area contributed by atoms with Crippen LogP contribution in [0.15, 0.2) is 58.3 Å². The van der Waals surface area contributed by atoms with Crippen molar-refractivity contribution in [1.29, 1.82) is 5.41 Å². The van der Waals surface area contributed by atoms with Crippen molar-refractivity contribution in [3.63, 3.8) is 0 Å². The fourth-order valence-electron chi connectivity index (χ4n) is 4.71. The van der Waals surface area contributed by atoms with Gasteiger partial charge in [0.15, 0.2) is 5.76 Å². The van der Waals surface area contributed by atoms with E-state index in [1.54, 1.807) is 0 Å². The van der Waals surface area contributed by atoms with Gasteiger partial charge in [-0.25, -0.2) is 9.98 Å². The van der Waals surface area contributed by atoms with Crippen molar-refractivity contribution < 1.29 is 4.74 Å². The van der Waals surface area contributed by atoms with Crippen molar-refractivity contribution in [3.8, 4) is 0 Å². The molecule has 11 heteroatoms. The average Bonchev–Trinajstić information content (AvgIpc) is 3.53. The molecule has 0 spiro atoms. The minimum atomic E-state index is -0.149. The van der Waals surface area contributed by atoms with Crippen molar-refractivity contribution in [2.45, 2.75) is 71.6 Å². The lowest BCUT2D eigenvalue weighted by Gasteiger charge is -2.19. The molecule has 0 amide bonds. The van der Waals surface area contributed by atoms with E-state index < -0.39 is 0 Å². The van der Waals surface area contributed by atoms with Crippen LogP contribution in [0.4, 0.5) is 0 Å². The summed E-state index contributed by atoms with van der Waals surface area (Å²) in [5, 5.41) is 22.0. The number of rotatable bonds is 13. The van der Waals surface area contributed by atoms with E-state index >= 15 is 0 Å². The monoisotopic (exact) mass is 555 g/mol. The fraction of sp³-hybridized carbons (Fsp3) is 0.400. The number of unbranched alkanes of at least 4 members (excludes halogenated alkanes) is 1. The van der Waals surface area contributed by atoms with Crippen LogP contribution < -0.4 is 5.56 Å². The summed E-state index contributed by atoms with van der Waals surface area (Å²) in [6, 6.07) is 4.03. The summed E-state index contributed by atoms with van der Waals surface area (Å²) in [4.78, 5) is 28.0. The topological polar surface area (TPSA) is 148 Å². The predicted octanol–water partition coefficient (Wildman–Crippen LogP) is 4.74. The minimum absolute atomic E-state index is 0.00797. The Kier molecular flexibility index (Phi) is 10.2. The Bertz CT molecular complexity index is 1500. The number of nitrogens with one attached hydrogen (secondary N) is 2. The first-order chi connectivity index (χ1) is 20.0. The van der Waals surface area contributed by atoms with Crippen LogP contribution in [0.25, 0.3) is 5.57 Å². The lowest BCUT2D eigenvalue weighted by Crippen LogP contribution is -2.31. The second kappa shape index (κ2) is 14.2. The summed E-state index contributed by atoms with van der Waals surface area (Å²) in [6.07, 6.45) is 15.8. The third-order valence-corrected chi connectivity index (χ3v) is 6.79. The van der Waals surface area contributed by atoms with E-state index in [9.17, 15) is 4.79 Å². The summed E-state index contributed by atoms with van der Waals surface area (Å²) in [7, 11) is 0. The van der Waals surface area contributed by atoms with Gasteiger partial charge in [-0.2, -0.15) is 5.21 Å². The molecule has 3 aromatic rings. The van der Waals surface area contributed by atoms with Gasteiger partial charge in [0, 0.05) is 41.3 Å². The van der Waals surface area contributed by atoms with E-state index in [-0.39, 0.29) is 17.4 Å². The molecule has 0 saturated heterocycles. The molecular formula is C30H37N9O2. The molecular weight excluding hydrogens is 518 g/mol. The van der Waals surface area contributed by atoms with Gasteiger partial charge in [-0.3, -0.25) is 14.3 Å². The van der Waals surface area contributed by atoms with E-state index in [0.717, 1.165) is 54.4 Å². The quantitative estimate of drug-likeness (QED) is 0.176. The van der Waals surface area contributed by atoms with Gasteiger partial charge in [-0.05, 0) is 43.0 Å². The first-order valence-corrected chi connectivity index (χ1v) is 14.0.